The molecule has 1 spiro atoms. The van der Waals surface area contributed by atoms with E-state index in [4.69, 9.17) is 0 Å². The van der Waals surface area contributed by atoms with Crippen LogP contribution in [0.3, 0.4) is 0 Å². The summed E-state index contributed by atoms with van der Waals surface area (Å²) >= 11 is 0. The third-order valence-electron chi connectivity index (χ3n) is 12.5. The van der Waals surface area contributed by atoms with Crippen LogP contribution >= 0.6 is 0 Å². The molecule has 3 aliphatic carbocycles. The lowest BCUT2D eigenvalue weighted by atomic mass is 9.61. The second-order valence-electron chi connectivity index (χ2n) is 15.3. The van der Waals surface area contributed by atoms with Gasteiger partial charge in [-0.15, -0.1) is 0 Å². The molecule has 3 aliphatic rings. The number of hydrogen-bond acceptors (Lipinski definition) is 1. The second kappa shape index (κ2) is 12.4. The van der Waals surface area contributed by atoms with Gasteiger partial charge in [0.1, 0.15) is 0 Å². The molecular weight excluding hydrogens is 653 g/mol. The van der Waals surface area contributed by atoms with Crippen molar-refractivity contribution in [1.29, 1.82) is 0 Å². The normalized spacial score (nSPS) is 16.6. The van der Waals surface area contributed by atoms with Gasteiger partial charge in [0.15, 0.2) is 0 Å². The van der Waals surface area contributed by atoms with E-state index in [0.29, 0.717) is 5.92 Å². The van der Waals surface area contributed by atoms with Crippen LogP contribution in [0.4, 0.5) is 17.1 Å². The quantitative estimate of drug-likeness (QED) is 0.168. The van der Waals surface area contributed by atoms with Gasteiger partial charge in [-0.1, -0.05) is 133 Å². The fourth-order valence-electron chi connectivity index (χ4n) is 9.77. The van der Waals surface area contributed by atoms with Crippen molar-refractivity contribution >= 4 is 38.9 Å². The highest BCUT2D eigenvalue weighted by Crippen LogP contribution is 2.62. The summed E-state index contributed by atoms with van der Waals surface area (Å²) in [5.74, 6) is 0.484. The van der Waals surface area contributed by atoms with Crippen LogP contribution in [0.5, 0.6) is 0 Å². The zero-order chi connectivity index (χ0) is 35.6. The zero-order valence-electron chi connectivity index (χ0n) is 30.2. The Morgan fingerprint density at radius 3 is 1.85 bits per heavy atom. The van der Waals surface area contributed by atoms with Crippen LogP contribution in [-0.2, 0) is 5.41 Å². The molecule has 11 rings (SSSR count). The molecule has 0 bridgehead atoms. The Morgan fingerprint density at radius 1 is 0.519 bits per heavy atom. The predicted octanol–water partition coefficient (Wildman–Crippen LogP) is 14.0. The van der Waals surface area contributed by atoms with Crippen molar-refractivity contribution < 1.29 is 0 Å². The van der Waals surface area contributed by atoms with Crippen LogP contribution < -0.4 is 4.90 Å². The summed E-state index contributed by atoms with van der Waals surface area (Å²) in [7, 11) is 0. The van der Waals surface area contributed by atoms with Crippen molar-refractivity contribution in [3.8, 4) is 27.9 Å². The topological polar surface area (TPSA) is 8.17 Å². The molecule has 0 aliphatic heterocycles. The van der Waals surface area contributed by atoms with Gasteiger partial charge in [-0.25, -0.2) is 0 Å². The molecule has 258 valence electrons. The average Bonchev–Trinajstić information content (AvgIpc) is 3.72. The van der Waals surface area contributed by atoms with Crippen molar-refractivity contribution in [1.82, 2.24) is 4.57 Å². The molecule has 1 heterocycles. The van der Waals surface area contributed by atoms with Crippen LogP contribution in [-0.4, -0.2) is 4.57 Å². The maximum Gasteiger partial charge on any atom is 0.0541 e. The van der Waals surface area contributed by atoms with Crippen LogP contribution in [0.15, 0.2) is 194 Å². The highest BCUT2D eigenvalue weighted by molar-refractivity contribution is 6.10. The molecule has 54 heavy (non-hydrogen) atoms. The highest BCUT2D eigenvalue weighted by Gasteiger charge is 2.51. The summed E-state index contributed by atoms with van der Waals surface area (Å²) in [6.07, 6.45) is 12.1. The zero-order valence-corrected chi connectivity index (χ0v) is 30.2. The highest BCUT2D eigenvalue weighted by atomic mass is 15.1. The van der Waals surface area contributed by atoms with E-state index in [-0.39, 0.29) is 5.41 Å². The summed E-state index contributed by atoms with van der Waals surface area (Å²) in [6, 6.07) is 62.6. The molecule has 0 N–H and O–H groups in total. The lowest BCUT2D eigenvalue weighted by Crippen LogP contribution is -2.34. The number of para-hydroxylation sites is 2. The molecule has 1 fully saturated rings. The third-order valence-corrected chi connectivity index (χ3v) is 12.5. The van der Waals surface area contributed by atoms with Gasteiger partial charge in [-0.2, -0.15) is 0 Å². The molecule has 0 saturated heterocycles. The van der Waals surface area contributed by atoms with Gasteiger partial charge in [0.25, 0.3) is 0 Å². The number of aromatic nitrogens is 1. The summed E-state index contributed by atoms with van der Waals surface area (Å²) in [5, 5.41) is 2.54. The molecule has 7 aromatic carbocycles. The van der Waals surface area contributed by atoms with Crippen molar-refractivity contribution in [2.45, 2.75) is 37.0 Å². The Kier molecular flexibility index (Phi) is 7.13. The smallest absolute Gasteiger partial charge is 0.0541 e. The Hall–Kier alpha value is -6.38. The fraction of sp³-hybridized carbons (Fsp3) is 0.115. The van der Waals surface area contributed by atoms with Crippen molar-refractivity contribution in [2.75, 3.05) is 4.90 Å². The first kappa shape index (κ1) is 31.2. The van der Waals surface area contributed by atoms with Crippen molar-refractivity contribution in [3.05, 3.63) is 205 Å². The fourth-order valence-corrected chi connectivity index (χ4v) is 9.77. The van der Waals surface area contributed by atoms with Crippen molar-refractivity contribution in [2.24, 2.45) is 0 Å². The number of allylic oxidation sites excluding steroid dienone is 4. The monoisotopic (exact) mass is 692 g/mol. The van der Waals surface area contributed by atoms with Crippen LogP contribution in [0, 0.1) is 0 Å². The Morgan fingerprint density at radius 2 is 1.13 bits per heavy atom. The molecule has 0 radical (unpaired) electrons. The van der Waals surface area contributed by atoms with Gasteiger partial charge in [-0.05, 0) is 119 Å². The number of anilines is 3. The lowest BCUT2D eigenvalue weighted by molar-refractivity contribution is 0.297. The van der Waals surface area contributed by atoms with E-state index >= 15 is 0 Å². The number of rotatable bonds is 6. The van der Waals surface area contributed by atoms with Gasteiger partial charge >= 0.3 is 0 Å². The minimum absolute atomic E-state index is 0.252. The predicted molar refractivity (Wildman–Crippen MR) is 226 cm³/mol. The largest absolute Gasteiger partial charge is 0.310 e. The van der Waals surface area contributed by atoms with Crippen molar-refractivity contribution in [3.63, 3.8) is 0 Å². The first-order valence-electron chi connectivity index (χ1n) is 19.4. The van der Waals surface area contributed by atoms with Gasteiger partial charge in [0, 0.05) is 44.9 Å². The van der Waals surface area contributed by atoms with E-state index in [9.17, 15) is 0 Å². The van der Waals surface area contributed by atoms with Crippen LogP contribution in [0.25, 0.3) is 49.7 Å². The minimum atomic E-state index is 0.252. The van der Waals surface area contributed by atoms with Gasteiger partial charge in [-0.3, -0.25) is 0 Å². The van der Waals surface area contributed by atoms with Crippen LogP contribution in [0.1, 0.15) is 42.7 Å². The standard InChI is InChI=1S/C52H40N2/c1-3-12-36(13-4-1)37-20-25-41(26-21-37)53(43-29-30-49-46(35-43)44-16-7-9-18-48(44)52(49)32-11-33-52)42-27-22-38(23-28-42)39-24-31-51-47(34-39)45-17-8-10-19-50(45)54(51)40-14-5-2-6-15-40/h1-10,12-15,17-31,34-35,44H,11,16,32-33H2. The molecule has 1 saturated carbocycles. The lowest BCUT2D eigenvalue weighted by Gasteiger charge is -2.42. The van der Waals surface area contributed by atoms with E-state index in [1.54, 1.807) is 11.1 Å². The molecule has 1 atom stereocenters. The molecule has 2 nitrogen and oxygen atoms in total. The van der Waals surface area contributed by atoms with E-state index in [1.807, 2.05) is 0 Å². The molecule has 0 amide bonds. The number of nitrogens with zero attached hydrogens (tertiary/aromatic N) is 2. The molecule has 1 aromatic heterocycles. The molecular formula is C52H40N2. The Balaban J connectivity index is 1.01. The summed E-state index contributed by atoms with van der Waals surface area (Å²) in [6.45, 7) is 0. The maximum absolute atomic E-state index is 2.51. The minimum Gasteiger partial charge on any atom is -0.310 e. The van der Waals surface area contributed by atoms with Gasteiger partial charge < -0.3 is 9.47 Å². The first-order valence-corrected chi connectivity index (χ1v) is 19.4. The molecule has 1 unspecified atom stereocenters. The Labute approximate surface area is 317 Å². The van der Waals surface area contributed by atoms with Gasteiger partial charge in [0.2, 0.25) is 0 Å². The number of hydrogen-bond donors (Lipinski definition) is 0. The number of fused-ring (bicyclic) bond motifs is 8. The van der Waals surface area contributed by atoms with Gasteiger partial charge in [0.05, 0.1) is 11.0 Å². The second-order valence-corrected chi connectivity index (χ2v) is 15.3. The molecule has 8 aromatic rings. The van der Waals surface area contributed by atoms with Crippen LogP contribution in [0.2, 0.25) is 0 Å². The van der Waals surface area contributed by atoms with E-state index in [0.717, 1.165) is 17.8 Å². The summed E-state index contributed by atoms with van der Waals surface area (Å²) < 4.78 is 2.38. The summed E-state index contributed by atoms with van der Waals surface area (Å²) in [4.78, 5) is 2.45. The average molecular weight is 693 g/mol. The van der Waals surface area contributed by atoms with E-state index in [2.05, 4.69) is 198 Å². The SMILES string of the molecule is C1=CCC2C(=C1)C1(CCC1)c1ccc(N(c3ccc(-c4ccccc4)cc3)c3ccc(-c4ccc5c(c4)c4ccccc4n5-c4ccccc4)cc3)cc12. The third kappa shape index (κ3) is 4.80. The van der Waals surface area contributed by atoms with E-state index in [1.165, 1.54) is 80.3 Å². The first-order chi connectivity index (χ1) is 26.7. The van der Waals surface area contributed by atoms with E-state index < -0.39 is 0 Å². The Bertz CT molecular complexity index is 2750. The maximum atomic E-state index is 2.51. The molecule has 2 heteroatoms. The number of benzene rings is 7. The summed E-state index contributed by atoms with van der Waals surface area (Å²) in [5.41, 5.74) is 17.0.